The van der Waals surface area contributed by atoms with E-state index >= 15 is 0 Å². The molecule has 22 heavy (non-hydrogen) atoms. The number of amides is 1. The summed E-state index contributed by atoms with van der Waals surface area (Å²) < 4.78 is 0. The average Bonchev–Trinajstić information content (AvgIpc) is 2.50. The van der Waals surface area contributed by atoms with Crippen molar-refractivity contribution in [3.63, 3.8) is 0 Å². The molecule has 2 aromatic carbocycles. The van der Waals surface area contributed by atoms with Crippen molar-refractivity contribution in [1.82, 2.24) is 0 Å². The van der Waals surface area contributed by atoms with Crippen LogP contribution >= 0.6 is 0 Å². The number of phenolic OH excluding ortho intramolecular Hbond substituents is 1. The Morgan fingerprint density at radius 2 is 1.82 bits per heavy atom. The monoisotopic (exact) mass is 299 g/mol. The first-order valence-corrected chi connectivity index (χ1v) is 6.95. The van der Waals surface area contributed by atoms with Gasteiger partial charge in [0.05, 0.1) is 17.2 Å². The summed E-state index contributed by atoms with van der Waals surface area (Å²) in [5, 5.41) is 21.2. The van der Waals surface area contributed by atoms with E-state index in [4.69, 9.17) is 5.11 Å². The SMILES string of the molecule is CC[C@@H](C(=O)Nc1ccc(O)cc1C(=O)O)c1ccccc1. The van der Waals surface area contributed by atoms with E-state index in [1.807, 2.05) is 37.3 Å². The Balaban J connectivity index is 2.26. The van der Waals surface area contributed by atoms with E-state index < -0.39 is 5.97 Å². The molecule has 5 nitrogen and oxygen atoms in total. The number of aromatic hydroxyl groups is 1. The third-order valence-corrected chi connectivity index (χ3v) is 3.42. The molecular weight excluding hydrogens is 282 g/mol. The molecule has 0 radical (unpaired) electrons. The smallest absolute Gasteiger partial charge is 0.337 e. The van der Waals surface area contributed by atoms with Gasteiger partial charge in [-0.25, -0.2) is 4.79 Å². The minimum absolute atomic E-state index is 0.142. The van der Waals surface area contributed by atoms with Crippen LogP contribution in [0.4, 0.5) is 5.69 Å². The highest BCUT2D eigenvalue weighted by atomic mass is 16.4. The first-order valence-electron chi connectivity index (χ1n) is 6.95. The summed E-state index contributed by atoms with van der Waals surface area (Å²) in [6.07, 6.45) is 0.594. The minimum Gasteiger partial charge on any atom is -0.508 e. The molecule has 2 rings (SSSR count). The maximum atomic E-state index is 12.4. The lowest BCUT2D eigenvalue weighted by molar-refractivity contribution is -0.117. The standard InChI is InChI=1S/C17H17NO4/c1-2-13(11-6-4-3-5-7-11)16(20)18-15-9-8-12(19)10-14(15)17(21)22/h3-10,13,19H,2H2,1H3,(H,18,20)(H,21,22)/t13-/m1/s1. The molecule has 0 aliphatic heterocycles. The molecule has 0 aliphatic carbocycles. The Bertz CT molecular complexity index is 682. The molecule has 0 saturated carbocycles. The number of carbonyl (C=O) groups excluding carboxylic acids is 1. The molecule has 0 fully saturated rings. The van der Waals surface area contributed by atoms with Crippen LogP contribution in [-0.2, 0) is 4.79 Å². The fourth-order valence-corrected chi connectivity index (χ4v) is 2.30. The maximum absolute atomic E-state index is 12.4. The van der Waals surface area contributed by atoms with Gasteiger partial charge in [0.15, 0.2) is 0 Å². The molecule has 0 spiro atoms. The second kappa shape index (κ2) is 6.76. The Morgan fingerprint density at radius 3 is 2.41 bits per heavy atom. The van der Waals surface area contributed by atoms with E-state index in [0.29, 0.717) is 6.42 Å². The van der Waals surface area contributed by atoms with Gasteiger partial charge in [0, 0.05) is 0 Å². The summed E-state index contributed by atoms with van der Waals surface area (Å²) in [7, 11) is 0. The van der Waals surface area contributed by atoms with Gasteiger partial charge in [0.1, 0.15) is 5.75 Å². The van der Waals surface area contributed by atoms with Crippen molar-refractivity contribution in [3.8, 4) is 5.75 Å². The Hall–Kier alpha value is -2.82. The van der Waals surface area contributed by atoms with E-state index in [2.05, 4.69) is 5.32 Å². The van der Waals surface area contributed by atoms with E-state index in [-0.39, 0.29) is 28.8 Å². The highest BCUT2D eigenvalue weighted by Crippen LogP contribution is 2.25. The second-order valence-electron chi connectivity index (χ2n) is 4.90. The quantitative estimate of drug-likeness (QED) is 0.740. The lowest BCUT2D eigenvalue weighted by Gasteiger charge is -2.16. The van der Waals surface area contributed by atoms with Gasteiger partial charge in [0.25, 0.3) is 0 Å². The largest absolute Gasteiger partial charge is 0.508 e. The molecule has 114 valence electrons. The van der Waals surface area contributed by atoms with Crippen LogP contribution in [0.25, 0.3) is 0 Å². The Morgan fingerprint density at radius 1 is 1.14 bits per heavy atom. The van der Waals surface area contributed by atoms with Gasteiger partial charge in [-0.05, 0) is 30.2 Å². The van der Waals surface area contributed by atoms with Crippen LogP contribution in [0.5, 0.6) is 5.75 Å². The van der Waals surface area contributed by atoms with E-state index in [0.717, 1.165) is 11.6 Å². The number of rotatable bonds is 5. The summed E-state index contributed by atoms with van der Waals surface area (Å²) in [5.74, 6) is -2.01. The zero-order chi connectivity index (χ0) is 16.1. The van der Waals surface area contributed by atoms with Crippen LogP contribution in [0.2, 0.25) is 0 Å². The van der Waals surface area contributed by atoms with Gasteiger partial charge in [0.2, 0.25) is 5.91 Å². The number of benzene rings is 2. The number of hydrogen-bond acceptors (Lipinski definition) is 3. The lowest BCUT2D eigenvalue weighted by atomic mass is 9.95. The summed E-state index contributed by atoms with van der Waals surface area (Å²) in [5.41, 5.74) is 0.902. The Kier molecular flexibility index (Phi) is 4.78. The molecule has 0 aliphatic rings. The van der Waals surface area contributed by atoms with Gasteiger partial charge in [-0.15, -0.1) is 0 Å². The molecule has 0 unspecified atom stereocenters. The van der Waals surface area contributed by atoms with Crippen molar-refractivity contribution < 1.29 is 19.8 Å². The first-order chi connectivity index (χ1) is 10.5. The molecule has 3 N–H and O–H groups in total. The number of nitrogens with one attached hydrogen (secondary N) is 1. The predicted octanol–water partition coefficient (Wildman–Crippen LogP) is 3.22. The van der Waals surface area contributed by atoms with Crippen molar-refractivity contribution in [2.24, 2.45) is 0 Å². The summed E-state index contributed by atoms with van der Waals surface area (Å²) in [4.78, 5) is 23.6. The normalized spacial score (nSPS) is 11.7. The van der Waals surface area contributed by atoms with E-state index in [9.17, 15) is 14.7 Å². The summed E-state index contributed by atoms with van der Waals surface area (Å²) >= 11 is 0. The van der Waals surface area contributed by atoms with Crippen molar-refractivity contribution >= 4 is 17.6 Å². The third-order valence-electron chi connectivity index (χ3n) is 3.42. The number of aromatic carboxylic acids is 1. The van der Waals surface area contributed by atoms with Crippen molar-refractivity contribution in [2.75, 3.05) is 5.32 Å². The van der Waals surface area contributed by atoms with Crippen molar-refractivity contribution in [2.45, 2.75) is 19.3 Å². The predicted molar refractivity (Wildman–Crippen MR) is 83.2 cm³/mol. The number of carboxylic acids is 1. The van der Waals surface area contributed by atoms with Crippen molar-refractivity contribution in [3.05, 3.63) is 59.7 Å². The molecule has 2 aromatic rings. The molecule has 0 saturated heterocycles. The van der Waals surface area contributed by atoms with Gasteiger partial charge in [-0.3, -0.25) is 4.79 Å². The van der Waals surface area contributed by atoms with E-state index in [1.165, 1.54) is 12.1 Å². The number of anilines is 1. The lowest BCUT2D eigenvalue weighted by Crippen LogP contribution is -2.22. The Labute approximate surface area is 128 Å². The molecule has 0 aromatic heterocycles. The number of phenols is 1. The van der Waals surface area contributed by atoms with Gasteiger partial charge in [-0.2, -0.15) is 0 Å². The fourth-order valence-electron chi connectivity index (χ4n) is 2.30. The highest BCUT2D eigenvalue weighted by Gasteiger charge is 2.21. The van der Waals surface area contributed by atoms with Crippen LogP contribution in [-0.4, -0.2) is 22.1 Å². The first kappa shape index (κ1) is 15.6. The molecule has 0 bridgehead atoms. The number of carboxylic acid groups (broad SMARTS) is 1. The molecular formula is C17H17NO4. The number of carbonyl (C=O) groups is 2. The summed E-state index contributed by atoms with van der Waals surface area (Å²) in [6.45, 7) is 1.90. The van der Waals surface area contributed by atoms with Crippen LogP contribution < -0.4 is 5.32 Å². The van der Waals surface area contributed by atoms with Crippen molar-refractivity contribution in [1.29, 1.82) is 0 Å². The van der Waals surface area contributed by atoms with Crippen LogP contribution in [0, 0.1) is 0 Å². The van der Waals surface area contributed by atoms with Crippen LogP contribution in [0.3, 0.4) is 0 Å². The van der Waals surface area contributed by atoms with Gasteiger partial charge < -0.3 is 15.5 Å². The van der Waals surface area contributed by atoms with Gasteiger partial charge in [-0.1, -0.05) is 37.3 Å². The van der Waals surface area contributed by atoms with E-state index in [1.54, 1.807) is 0 Å². The zero-order valence-electron chi connectivity index (χ0n) is 12.1. The topological polar surface area (TPSA) is 86.6 Å². The maximum Gasteiger partial charge on any atom is 0.337 e. The second-order valence-corrected chi connectivity index (χ2v) is 4.90. The van der Waals surface area contributed by atoms with Crippen LogP contribution in [0.1, 0.15) is 35.2 Å². The molecule has 1 atom stereocenters. The van der Waals surface area contributed by atoms with Gasteiger partial charge >= 0.3 is 5.97 Å². The summed E-state index contributed by atoms with van der Waals surface area (Å²) in [6, 6.07) is 13.1. The number of hydrogen-bond donors (Lipinski definition) is 3. The third kappa shape index (κ3) is 3.44. The fraction of sp³-hybridized carbons (Fsp3) is 0.176. The minimum atomic E-state index is -1.21. The zero-order valence-corrected chi connectivity index (χ0v) is 12.1. The van der Waals surface area contributed by atoms with Crippen LogP contribution in [0.15, 0.2) is 48.5 Å². The molecule has 0 heterocycles. The molecule has 5 heteroatoms. The highest BCUT2D eigenvalue weighted by molar-refractivity contribution is 6.02. The molecule has 1 amide bonds. The average molecular weight is 299 g/mol.